The maximum atomic E-state index is 12.4. The Morgan fingerprint density at radius 1 is 0.939 bits per heavy atom. The molecule has 2 aromatic rings. The number of nitrogens with zero attached hydrogens (tertiary/aromatic N) is 2. The Morgan fingerprint density at radius 3 is 2.27 bits per heavy atom. The molecule has 0 bridgehead atoms. The van der Waals surface area contributed by atoms with E-state index < -0.39 is 0 Å². The highest BCUT2D eigenvalue weighted by Crippen LogP contribution is 2.22. The topological polar surface area (TPSA) is 87.6 Å². The predicted molar refractivity (Wildman–Crippen MR) is 125 cm³/mol. The predicted octanol–water partition coefficient (Wildman–Crippen LogP) is 5.30. The minimum absolute atomic E-state index is 0.0452. The third-order valence-electron chi connectivity index (χ3n) is 5.55. The minimum atomic E-state index is -0.380. The van der Waals surface area contributed by atoms with Crippen molar-refractivity contribution in [2.75, 3.05) is 13.2 Å². The molecule has 7 nitrogen and oxygen atoms in total. The SMILES string of the molecule is C=CC(=O)OCCCCCCOc1cnc(-c2ccc(C(=O)OC3CCCCC3)cc2)nc1. The summed E-state index contributed by atoms with van der Waals surface area (Å²) in [5, 5.41) is 0. The van der Waals surface area contributed by atoms with Crippen molar-refractivity contribution in [1.29, 1.82) is 0 Å². The minimum Gasteiger partial charge on any atom is -0.490 e. The molecule has 1 aliphatic rings. The molecule has 0 unspecified atom stereocenters. The van der Waals surface area contributed by atoms with Gasteiger partial charge in [-0.15, -0.1) is 0 Å². The first-order valence-corrected chi connectivity index (χ1v) is 11.7. The number of carbonyl (C=O) groups is 2. The summed E-state index contributed by atoms with van der Waals surface area (Å²) in [6, 6.07) is 7.18. The van der Waals surface area contributed by atoms with Crippen LogP contribution in [0.3, 0.4) is 0 Å². The van der Waals surface area contributed by atoms with Crippen LogP contribution in [0.15, 0.2) is 49.3 Å². The highest BCUT2D eigenvalue weighted by atomic mass is 16.5. The van der Waals surface area contributed by atoms with Crippen molar-refractivity contribution in [2.24, 2.45) is 0 Å². The lowest BCUT2D eigenvalue weighted by molar-refractivity contribution is -0.137. The van der Waals surface area contributed by atoms with Crippen LogP contribution in [0.2, 0.25) is 0 Å². The summed E-state index contributed by atoms with van der Waals surface area (Å²) in [5.74, 6) is 0.542. The Hall–Kier alpha value is -3.22. The van der Waals surface area contributed by atoms with Crippen molar-refractivity contribution < 1.29 is 23.8 Å². The molecule has 1 aromatic carbocycles. The monoisotopic (exact) mass is 452 g/mol. The van der Waals surface area contributed by atoms with Gasteiger partial charge < -0.3 is 14.2 Å². The summed E-state index contributed by atoms with van der Waals surface area (Å²) in [6.07, 6.45) is 13.6. The summed E-state index contributed by atoms with van der Waals surface area (Å²) < 4.78 is 16.2. The Labute approximate surface area is 195 Å². The van der Waals surface area contributed by atoms with Crippen LogP contribution < -0.4 is 4.74 Å². The number of benzene rings is 1. The highest BCUT2D eigenvalue weighted by molar-refractivity contribution is 5.90. The van der Waals surface area contributed by atoms with Crippen molar-refractivity contribution in [2.45, 2.75) is 63.9 Å². The van der Waals surface area contributed by atoms with E-state index in [2.05, 4.69) is 16.5 Å². The fourth-order valence-corrected chi connectivity index (χ4v) is 3.68. The van der Waals surface area contributed by atoms with Gasteiger partial charge in [0, 0.05) is 11.6 Å². The summed E-state index contributed by atoms with van der Waals surface area (Å²) in [5.41, 5.74) is 1.37. The van der Waals surface area contributed by atoms with Crippen LogP contribution in [0.4, 0.5) is 0 Å². The van der Waals surface area contributed by atoms with Gasteiger partial charge in [-0.2, -0.15) is 0 Å². The summed E-state index contributed by atoms with van der Waals surface area (Å²) in [6.45, 7) is 4.36. The van der Waals surface area contributed by atoms with E-state index in [1.54, 1.807) is 24.5 Å². The van der Waals surface area contributed by atoms with E-state index in [9.17, 15) is 9.59 Å². The van der Waals surface area contributed by atoms with Gasteiger partial charge >= 0.3 is 11.9 Å². The van der Waals surface area contributed by atoms with E-state index >= 15 is 0 Å². The lowest BCUT2D eigenvalue weighted by atomic mass is 9.98. The smallest absolute Gasteiger partial charge is 0.338 e. The van der Waals surface area contributed by atoms with Gasteiger partial charge in [0.2, 0.25) is 0 Å². The van der Waals surface area contributed by atoms with Gasteiger partial charge in [-0.3, -0.25) is 0 Å². The molecule has 0 spiro atoms. The number of ether oxygens (including phenoxy) is 3. The van der Waals surface area contributed by atoms with Gasteiger partial charge in [-0.1, -0.05) is 25.1 Å². The first-order chi connectivity index (χ1) is 16.2. The fraction of sp³-hybridized carbons (Fsp3) is 0.462. The molecule has 176 valence electrons. The molecule has 1 aromatic heterocycles. The number of hydrogen-bond acceptors (Lipinski definition) is 7. The third kappa shape index (κ3) is 8.33. The van der Waals surface area contributed by atoms with Gasteiger partial charge in [0.05, 0.1) is 31.2 Å². The van der Waals surface area contributed by atoms with Crippen molar-refractivity contribution in [3.8, 4) is 17.1 Å². The molecule has 1 aliphatic carbocycles. The molecule has 0 radical (unpaired) electrons. The van der Waals surface area contributed by atoms with Crippen LogP contribution in [0.5, 0.6) is 5.75 Å². The van der Waals surface area contributed by atoms with E-state index in [0.29, 0.717) is 30.4 Å². The van der Waals surface area contributed by atoms with Crippen molar-refractivity contribution in [3.05, 3.63) is 54.9 Å². The van der Waals surface area contributed by atoms with Crippen molar-refractivity contribution in [3.63, 3.8) is 0 Å². The molecular formula is C26H32N2O5. The quantitative estimate of drug-likeness (QED) is 0.245. The van der Waals surface area contributed by atoms with Crippen LogP contribution in [0, 0.1) is 0 Å². The lowest BCUT2D eigenvalue weighted by Crippen LogP contribution is -2.20. The maximum absolute atomic E-state index is 12.4. The summed E-state index contributed by atoms with van der Waals surface area (Å²) >= 11 is 0. The molecule has 0 aliphatic heterocycles. The number of hydrogen-bond donors (Lipinski definition) is 0. The van der Waals surface area contributed by atoms with E-state index in [4.69, 9.17) is 14.2 Å². The molecule has 1 fully saturated rings. The fourth-order valence-electron chi connectivity index (χ4n) is 3.68. The number of rotatable bonds is 12. The van der Waals surface area contributed by atoms with Gasteiger partial charge in [-0.05, 0) is 63.5 Å². The normalized spacial score (nSPS) is 13.8. The Morgan fingerprint density at radius 2 is 1.61 bits per heavy atom. The van der Waals surface area contributed by atoms with Crippen LogP contribution >= 0.6 is 0 Å². The molecular weight excluding hydrogens is 420 g/mol. The number of aromatic nitrogens is 2. The molecule has 1 saturated carbocycles. The van der Waals surface area contributed by atoms with Crippen LogP contribution in [0.1, 0.15) is 68.1 Å². The first-order valence-electron chi connectivity index (χ1n) is 11.7. The molecule has 3 rings (SSSR count). The van der Waals surface area contributed by atoms with Gasteiger partial charge in [0.1, 0.15) is 6.10 Å². The zero-order valence-electron chi connectivity index (χ0n) is 19.0. The Kier molecular flexibility index (Phi) is 9.88. The molecule has 1 heterocycles. The second-order valence-electron chi connectivity index (χ2n) is 8.12. The van der Waals surface area contributed by atoms with Crippen LogP contribution in [-0.4, -0.2) is 41.2 Å². The molecule has 0 atom stereocenters. The summed E-state index contributed by atoms with van der Waals surface area (Å²) in [4.78, 5) is 32.0. The average Bonchev–Trinajstić information content (AvgIpc) is 2.86. The van der Waals surface area contributed by atoms with Crippen molar-refractivity contribution >= 4 is 11.9 Å². The Bertz CT molecular complexity index is 890. The number of esters is 2. The molecule has 33 heavy (non-hydrogen) atoms. The zero-order valence-corrected chi connectivity index (χ0v) is 19.0. The second-order valence-corrected chi connectivity index (χ2v) is 8.12. The van der Waals surface area contributed by atoms with E-state index in [0.717, 1.165) is 56.9 Å². The summed E-state index contributed by atoms with van der Waals surface area (Å²) in [7, 11) is 0. The molecule has 0 N–H and O–H groups in total. The maximum Gasteiger partial charge on any atom is 0.338 e. The number of carbonyl (C=O) groups excluding carboxylic acids is 2. The van der Waals surface area contributed by atoms with Gasteiger partial charge in [0.15, 0.2) is 11.6 Å². The standard InChI is InChI=1S/C26H32N2O5/c1-2-24(29)32-17-9-4-3-8-16-31-23-18-27-25(28-19-23)20-12-14-21(15-13-20)26(30)33-22-10-6-5-7-11-22/h2,12-15,18-19,22H,1,3-11,16-17H2. The van der Waals surface area contributed by atoms with Gasteiger partial charge in [-0.25, -0.2) is 19.6 Å². The molecule has 0 saturated heterocycles. The van der Waals surface area contributed by atoms with E-state index in [1.165, 1.54) is 12.5 Å². The lowest BCUT2D eigenvalue weighted by Gasteiger charge is -2.21. The Balaban J connectivity index is 1.37. The average molecular weight is 453 g/mol. The second kappa shape index (κ2) is 13.4. The highest BCUT2D eigenvalue weighted by Gasteiger charge is 2.18. The largest absolute Gasteiger partial charge is 0.490 e. The number of unbranched alkanes of at least 4 members (excludes halogenated alkanes) is 3. The van der Waals surface area contributed by atoms with E-state index in [-0.39, 0.29) is 18.0 Å². The van der Waals surface area contributed by atoms with Gasteiger partial charge in [0.25, 0.3) is 0 Å². The van der Waals surface area contributed by atoms with E-state index in [1.807, 2.05) is 12.1 Å². The molecule has 7 heteroatoms. The zero-order chi connectivity index (χ0) is 23.3. The van der Waals surface area contributed by atoms with Crippen molar-refractivity contribution in [1.82, 2.24) is 9.97 Å². The molecule has 0 amide bonds. The van der Waals surface area contributed by atoms with Crippen LogP contribution in [-0.2, 0) is 14.3 Å². The third-order valence-corrected chi connectivity index (χ3v) is 5.55. The first kappa shape index (κ1) is 24.4. The van der Waals surface area contributed by atoms with Crippen LogP contribution in [0.25, 0.3) is 11.4 Å².